The van der Waals surface area contributed by atoms with Crippen LogP contribution in [0.3, 0.4) is 0 Å². The molecule has 0 aliphatic carbocycles. The molecule has 1 aliphatic heterocycles. The zero-order valence-electron chi connectivity index (χ0n) is 13.7. The van der Waals surface area contributed by atoms with E-state index in [9.17, 15) is 4.79 Å². The fourth-order valence-electron chi connectivity index (χ4n) is 2.35. The van der Waals surface area contributed by atoms with Crippen LogP contribution in [0.2, 0.25) is 5.28 Å². The number of ether oxygens (including phenoxy) is 2. The zero-order valence-corrected chi connectivity index (χ0v) is 15.6. The Balaban J connectivity index is 1.81. The monoisotopic (exact) mass is 359 g/mol. The first-order valence-electron chi connectivity index (χ1n) is 7.62. The van der Waals surface area contributed by atoms with E-state index in [1.54, 1.807) is 17.3 Å². The van der Waals surface area contributed by atoms with Crippen LogP contribution in [-0.2, 0) is 4.74 Å². The normalized spacial score (nSPS) is 17.7. The van der Waals surface area contributed by atoms with Crippen LogP contribution in [0, 0.1) is 5.92 Å². The minimum atomic E-state index is -0.464. The Morgan fingerprint density at radius 1 is 1.35 bits per heavy atom. The second-order valence-electron chi connectivity index (χ2n) is 6.58. The average molecular weight is 360 g/mol. The number of carbonyl (C=O) groups excluding carboxylic acids is 1. The lowest BCUT2D eigenvalue weighted by atomic mass is 9.98. The van der Waals surface area contributed by atoms with Crippen molar-refractivity contribution in [3.63, 3.8) is 0 Å². The summed E-state index contributed by atoms with van der Waals surface area (Å²) in [6, 6.07) is 0. The maximum absolute atomic E-state index is 12.1. The molecule has 0 radical (unpaired) electrons. The third-order valence-electron chi connectivity index (χ3n) is 3.52. The van der Waals surface area contributed by atoms with Crippen molar-refractivity contribution in [3.8, 4) is 5.75 Å². The van der Waals surface area contributed by atoms with E-state index in [2.05, 4.69) is 19.2 Å². The van der Waals surface area contributed by atoms with Gasteiger partial charge >= 0.3 is 6.09 Å². The number of hydrogen-bond donors (Lipinski definition) is 0. The van der Waals surface area contributed by atoms with Crippen LogP contribution < -0.4 is 4.74 Å². The largest absolute Gasteiger partial charge is 0.483 e. The van der Waals surface area contributed by atoms with Crippen molar-refractivity contribution >= 4 is 26.9 Å². The van der Waals surface area contributed by atoms with Crippen LogP contribution in [0.25, 0.3) is 0 Å². The van der Waals surface area contributed by atoms with Crippen molar-refractivity contribution in [1.82, 2.24) is 14.9 Å². The van der Waals surface area contributed by atoms with E-state index < -0.39 is 5.60 Å². The Morgan fingerprint density at radius 2 is 1.91 bits per heavy atom. The van der Waals surface area contributed by atoms with E-state index in [0.717, 1.165) is 12.8 Å². The van der Waals surface area contributed by atoms with E-state index in [1.807, 2.05) is 20.8 Å². The third-order valence-corrected chi connectivity index (χ3v) is 4.40. The molecule has 128 valence electrons. The minimum absolute atomic E-state index is 0.0550. The summed E-state index contributed by atoms with van der Waals surface area (Å²) < 4.78 is 11.2. The molecule has 23 heavy (non-hydrogen) atoms. The highest BCUT2D eigenvalue weighted by atomic mass is 35.5. The highest BCUT2D eigenvalue weighted by molar-refractivity contribution is 7.17. The highest BCUT2D eigenvalue weighted by Crippen LogP contribution is 2.28. The summed E-state index contributed by atoms with van der Waals surface area (Å²) in [7, 11) is 2.71. The number of piperidine rings is 1. The third kappa shape index (κ3) is 5.78. The Hall–Kier alpha value is -1.13. The summed E-state index contributed by atoms with van der Waals surface area (Å²) >= 11 is 5.66. The van der Waals surface area contributed by atoms with Crippen molar-refractivity contribution in [1.29, 1.82) is 0 Å². The lowest BCUT2D eigenvalue weighted by Crippen LogP contribution is -2.43. The van der Waals surface area contributed by atoms with Gasteiger partial charge in [-0.1, -0.05) is 9.24 Å². The van der Waals surface area contributed by atoms with E-state index in [-0.39, 0.29) is 17.2 Å². The van der Waals surface area contributed by atoms with E-state index in [1.165, 1.54) is 0 Å². The first kappa shape index (κ1) is 18.2. The van der Waals surface area contributed by atoms with Crippen molar-refractivity contribution < 1.29 is 14.3 Å². The van der Waals surface area contributed by atoms with Crippen LogP contribution in [0.5, 0.6) is 5.75 Å². The van der Waals surface area contributed by atoms with Crippen molar-refractivity contribution in [2.75, 3.05) is 13.1 Å². The number of rotatable bonds is 3. The molecule has 0 bridgehead atoms. The molecule has 1 fully saturated rings. The van der Waals surface area contributed by atoms with Crippen molar-refractivity contribution in [2.24, 2.45) is 5.92 Å². The molecular weight excluding hydrogens is 337 g/mol. The maximum Gasteiger partial charge on any atom is 0.410 e. The first-order chi connectivity index (χ1) is 10.7. The Bertz CT molecular complexity index is 528. The Morgan fingerprint density at radius 3 is 2.43 bits per heavy atom. The summed E-state index contributed by atoms with van der Waals surface area (Å²) in [6.07, 6.45) is 4.59. The van der Waals surface area contributed by atoms with Gasteiger partial charge in [-0.05, 0) is 45.2 Å². The van der Waals surface area contributed by atoms with Gasteiger partial charge in [0.1, 0.15) is 11.4 Å². The molecule has 1 unspecified atom stereocenters. The smallest absolute Gasteiger partial charge is 0.410 e. The van der Waals surface area contributed by atoms with E-state index in [4.69, 9.17) is 21.1 Å². The van der Waals surface area contributed by atoms with Crippen molar-refractivity contribution in [2.45, 2.75) is 45.1 Å². The number of carbonyl (C=O) groups is 1. The molecule has 1 aromatic rings. The van der Waals surface area contributed by atoms with Gasteiger partial charge < -0.3 is 14.4 Å². The number of amides is 1. The molecule has 6 nitrogen and oxygen atoms in total. The van der Waals surface area contributed by atoms with Crippen LogP contribution in [0.1, 0.15) is 33.6 Å². The lowest BCUT2D eigenvalue weighted by Gasteiger charge is -2.35. The van der Waals surface area contributed by atoms with Crippen LogP contribution in [0.4, 0.5) is 4.79 Å². The molecular formula is C15H23ClN3O3P. The minimum Gasteiger partial charge on any atom is -0.483 e. The van der Waals surface area contributed by atoms with Gasteiger partial charge in [-0.25, -0.2) is 14.8 Å². The molecule has 0 aromatic carbocycles. The predicted molar refractivity (Wildman–Crippen MR) is 91.7 cm³/mol. The topological polar surface area (TPSA) is 64.5 Å². The molecule has 1 aromatic heterocycles. The van der Waals surface area contributed by atoms with Crippen LogP contribution >= 0.6 is 20.8 Å². The van der Waals surface area contributed by atoms with Crippen LogP contribution in [0.15, 0.2) is 12.4 Å². The Labute approximate surface area is 144 Å². The van der Waals surface area contributed by atoms with E-state index in [0.29, 0.717) is 24.8 Å². The van der Waals surface area contributed by atoms with E-state index >= 15 is 0 Å². The number of nitrogens with zero attached hydrogens (tertiary/aromatic N) is 3. The SMILES string of the molecule is CC(C)(C)OC(=O)N1CCC([C@H](P)Oc2cnc(Cl)nc2)CC1. The number of hydrogen-bond acceptors (Lipinski definition) is 5. The molecule has 8 heteroatoms. The first-order valence-corrected chi connectivity index (χ1v) is 8.67. The van der Waals surface area contributed by atoms with Gasteiger partial charge in [-0.2, -0.15) is 0 Å². The summed E-state index contributed by atoms with van der Waals surface area (Å²) in [5, 5.41) is 0.198. The fraction of sp³-hybridized carbons (Fsp3) is 0.667. The highest BCUT2D eigenvalue weighted by Gasteiger charge is 2.30. The lowest BCUT2D eigenvalue weighted by molar-refractivity contribution is 0.0153. The van der Waals surface area contributed by atoms with Gasteiger partial charge in [0.05, 0.1) is 12.4 Å². The Kier molecular flexibility index (Phi) is 6.04. The molecule has 1 aliphatic rings. The summed E-state index contributed by atoms with van der Waals surface area (Å²) in [4.78, 5) is 21.6. The molecule has 0 N–H and O–H groups in total. The average Bonchev–Trinajstić information content (AvgIpc) is 2.48. The van der Waals surface area contributed by atoms with Gasteiger partial charge in [-0.3, -0.25) is 0 Å². The maximum atomic E-state index is 12.1. The number of aromatic nitrogens is 2. The summed E-state index contributed by atoms with van der Waals surface area (Å²) in [5.41, 5.74) is -0.464. The molecule has 2 heterocycles. The molecule has 0 saturated carbocycles. The molecule has 2 rings (SSSR count). The molecule has 0 spiro atoms. The van der Waals surface area contributed by atoms with Gasteiger partial charge in [0.25, 0.3) is 0 Å². The van der Waals surface area contributed by atoms with Gasteiger partial charge in [-0.15, -0.1) is 0 Å². The summed E-state index contributed by atoms with van der Waals surface area (Å²) in [6.45, 7) is 6.96. The zero-order chi connectivity index (χ0) is 17.0. The molecule has 1 amide bonds. The quantitative estimate of drug-likeness (QED) is 0.611. The van der Waals surface area contributed by atoms with Gasteiger partial charge in [0.15, 0.2) is 5.75 Å². The van der Waals surface area contributed by atoms with Gasteiger partial charge in [0.2, 0.25) is 5.28 Å². The second kappa shape index (κ2) is 7.63. The molecule has 1 saturated heterocycles. The second-order valence-corrected chi connectivity index (χ2v) is 7.57. The van der Waals surface area contributed by atoms with Gasteiger partial charge in [0, 0.05) is 19.0 Å². The predicted octanol–water partition coefficient (Wildman–Crippen LogP) is 3.36. The standard InChI is InChI=1S/C15H23ClN3O3P/c1-15(2,3)22-14(20)19-6-4-10(5-7-19)12(23)21-11-8-17-13(16)18-9-11/h8-10,12H,4-7,23H2,1-3H3/t12-/m0/s1. The fourth-order valence-corrected chi connectivity index (χ4v) is 2.99. The molecule has 2 atom stereocenters. The number of halogens is 1. The van der Waals surface area contributed by atoms with Crippen LogP contribution in [-0.4, -0.2) is 45.5 Å². The number of likely N-dealkylation sites (tertiary alicyclic amines) is 1. The van der Waals surface area contributed by atoms with Crippen molar-refractivity contribution in [3.05, 3.63) is 17.7 Å². The summed E-state index contributed by atoms with van der Waals surface area (Å²) in [5.74, 6) is 0.874.